The number of carbonyl (C=O) groups excluding carboxylic acids is 1. The molecule has 0 spiro atoms. The highest BCUT2D eigenvalue weighted by molar-refractivity contribution is 5.75. The Morgan fingerprint density at radius 2 is 2.00 bits per heavy atom. The molecule has 4 rings (SSSR count). The SMILES string of the molecule is COc1cccc(CCNC(=O)Cn2nc(-c3ccc4c(c3)OCO4)ccc2=O)c1. The maximum absolute atomic E-state index is 12.3. The van der Waals surface area contributed by atoms with Gasteiger partial charge in [0, 0.05) is 18.2 Å². The number of nitrogens with one attached hydrogen (secondary N) is 1. The molecule has 3 aromatic rings. The number of amides is 1. The third-order valence-electron chi connectivity index (χ3n) is 4.70. The van der Waals surface area contributed by atoms with Gasteiger partial charge in [-0.15, -0.1) is 0 Å². The van der Waals surface area contributed by atoms with Crippen molar-refractivity contribution in [3.05, 3.63) is 70.5 Å². The molecule has 2 aromatic carbocycles. The molecule has 0 saturated heterocycles. The van der Waals surface area contributed by atoms with Crippen molar-refractivity contribution < 1.29 is 19.0 Å². The molecule has 0 atom stereocenters. The summed E-state index contributed by atoms with van der Waals surface area (Å²) in [5.74, 6) is 1.79. The number of hydrogen-bond acceptors (Lipinski definition) is 6. The minimum absolute atomic E-state index is 0.157. The molecule has 0 unspecified atom stereocenters. The van der Waals surface area contributed by atoms with Crippen LogP contribution in [0.2, 0.25) is 0 Å². The fraction of sp³-hybridized carbons (Fsp3) is 0.227. The first-order chi connectivity index (χ1) is 14.6. The standard InChI is InChI=1S/C22H21N3O5/c1-28-17-4-2-3-15(11-17)9-10-23-21(26)13-25-22(27)8-6-18(24-25)16-5-7-19-20(12-16)30-14-29-19/h2-8,11-12H,9-10,13-14H2,1H3,(H,23,26). The number of hydrogen-bond donors (Lipinski definition) is 1. The van der Waals surface area contributed by atoms with Gasteiger partial charge in [-0.1, -0.05) is 12.1 Å². The van der Waals surface area contributed by atoms with Crippen LogP contribution in [0.4, 0.5) is 0 Å². The van der Waals surface area contributed by atoms with E-state index < -0.39 is 0 Å². The van der Waals surface area contributed by atoms with E-state index in [2.05, 4.69) is 10.4 Å². The molecule has 8 nitrogen and oxygen atoms in total. The fourth-order valence-corrected chi connectivity index (χ4v) is 3.14. The lowest BCUT2D eigenvalue weighted by atomic mass is 10.1. The third kappa shape index (κ3) is 4.43. The van der Waals surface area contributed by atoms with Crippen molar-refractivity contribution in [2.24, 2.45) is 0 Å². The Hall–Kier alpha value is -3.81. The van der Waals surface area contributed by atoms with Crippen LogP contribution in [0.5, 0.6) is 17.2 Å². The molecule has 1 aliphatic rings. The third-order valence-corrected chi connectivity index (χ3v) is 4.70. The van der Waals surface area contributed by atoms with E-state index in [1.165, 1.54) is 6.07 Å². The lowest BCUT2D eigenvalue weighted by Crippen LogP contribution is -2.34. The zero-order chi connectivity index (χ0) is 20.9. The molecule has 0 radical (unpaired) electrons. The molecule has 0 bridgehead atoms. The van der Waals surface area contributed by atoms with Crippen LogP contribution in [-0.2, 0) is 17.8 Å². The fourth-order valence-electron chi connectivity index (χ4n) is 3.14. The predicted molar refractivity (Wildman–Crippen MR) is 110 cm³/mol. The molecule has 0 fully saturated rings. The van der Waals surface area contributed by atoms with Crippen LogP contribution >= 0.6 is 0 Å². The van der Waals surface area contributed by atoms with E-state index in [1.54, 1.807) is 25.3 Å². The Bertz CT molecular complexity index is 1130. The average molecular weight is 407 g/mol. The molecule has 1 aliphatic heterocycles. The molecule has 1 amide bonds. The van der Waals surface area contributed by atoms with Crippen LogP contribution in [0.25, 0.3) is 11.3 Å². The maximum atomic E-state index is 12.3. The van der Waals surface area contributed by atoms with Crippen molar-refractivity contribution in [1.82, 2.24) is 15.1 Å². The molecular formula is C22H21N3O5. The van der Waals surface area contributed by atoms with Gasteiger partial charge in [-0.25, -0.2) is 4.68 Å². The van der Waals surface area contributed by atoms with Gasteiger partial charge in [0.2, 0.25) is 12.7 Å². The van der Waals surface area contributed by atoms with Gasteiger partial charge in [0.15, 0.2) is 11.5 Å². The highest BCUT2D eigenvalue weighted by Crippen LogP contribution is 2.35. The number of carbonyl (C=O) groups is 1. The van der Waals surface area contributed by atoms with E-state index in [-0.39, 0.29) is 24.8 Å². The van der Waals surface area contributed by atoms with E-state index >= 15 is 0 Å². The molecule has 154 valence electrons. The summed E-state index contributed by atoms with van der Waals surface area (Å²) in [6.45, 7) is 0.472. The molecule has 8 heteroatoms. The summed E-state index contributed by atoms with van der Waals surface area (Å²) < 4.78 is 17.0. The molecule has 1 aromatic heterocycles. The quantitative estimate of drug-likeness (QED) is 0.644. The van der Waals surface area contributed by atoms with E-state index in [1.807, 2.05) is 30.3 Å². The highest BCUT2D eigenvalue weighted by Gasteiger charge is 2.15. The first kappa shape index (κ1) is 19.5. The number of ether oxygens (including phenoxy) is 3. The Morgan fingerprint density at radius 1 is 1.13 bits per heavy atom. The highest BCUT2D eigenvalue weighted by atomic mass is 16.7. The predicted octanol–water partition coefficient (Wildman–Crippen LogP) is 2.01. The second-order valence-electron chi connectivity index (χ2n) is 6.73. The van der Waals surface area contributed by atoms with Crippen LogP contribution in [0.3, 0.4) is 0 Å². The summed E-state index contributed by atoms with van der Waals surface area (Å²) in [7, 11) is 1.61. The molecule has 2 heterocycles. The molecule has 0 aliphatic carbocycles. The van der Waals surface area contributed by atoms with E-state index in [0.717, 1.165) is 21.6 Å². The Balaban J connectivity index is 1.39. The van der Waals surface area contributed by atoms with Gasteiger partial charge in [-0.2, -0.15) is 5.10 Å². The van der Waals surface area contributed by atoms with Crippen LogP contribution in [-0.4, -0.2) is 36.1 Å². The normalized spacial score (nSPS) is 11.9. The van der Waals surface area contributed by atoms with Crippen molar-refractivity contribution in [2.45, 2.75) is 13.0 Å². The van der Waals surface area contributed by atoms with E-state index in [9.17, 15) is 9.59 Å². The molecule has 0 saturated carbocycles. The first-order valence-corrected chi connectivity index (χ1v) is 9.50. The second kappa shape index (κ2) is 8.69. The summed E-state index contributed by atoms with van der Waals surface area (Å²) in [6.07, 6.45) is 0.655. The lowest BCUT2D eigenvalue weighted by Gasteiger charge is -2.09. The monoisotopic (exact) mass is 407 g/mol. The summed E-state index contributed by atoms with van der Waals surface area (Å²) in [5.41, 5.74) is 2.04. The van der Waals surface area contributed by atoms with Gasteiger partial charge in [-0.3, -0.25) is 9.59 Å². The van der Waals surface area contributed by atoms with Crippen LogP contribution in [0, 0.1) is 0 Å². The number of nitrogens with zero attached hydrogens (tertiary/aromatic N) is 2. The van der Waals surface area contributed by atoms with Gasteiger partial charge < -0.3 is 19.5 Å². The van der Waals surface area contributed by atoms with Crippen LogP contribution in [0.15, 0.2) is 59.4 Å². The van der Waals surface area contributed by atoms with E-state index in [4.69, 9.17) is 14.2 Å². The van der Waals surface area contributed by atoms with Crippen molar-refractivity contribution in [2.75, 3.05) is 20.4 Å². The smallest absolute Gasteiger partial charge is 0.267 e. The topological polar surface area (TPSA) is 91.7 Å². The van der Waals surface area contributed by atoms with Crippen LogP contribution in [0.1, 0.15) is 5.56 Å². The Kier molecular flexibility index (Phi) is 5.65. The first-order valence-electron chi connectivity index (χ1n) is 9.50. The lowest BCUT2D eigenvalue weighted by molar-refractivity contribution is -0.121. The number of benzene rings is 2. The van der Waals surface area contributed by atoms with E-state index in [0.29, 0.717) is 30.2 Å². The maximum Gasteiger partial charge on any atom is 0.267 e. The Morgan fingerprint density at radius 3 is 2.87 bits per heavy atom. The molecular weight excluding hydrogens is 386 g/mol. The molecule has 30 heavy (non-hydrogen) atoms. The minimum atomic E-state index is -0.345. The number of rotatable bonds is 7. The molecule has 1 N–H and O–H groups in total. The van der Waals surface area contributed by atoms with Gasteiger partial charge >= 0.3 is 0 Å². The second-order valence-corrected chi connectivity index (χ2v) is 6.73. The Labute approximate surface area is 173 Å². The summed E-state index contributed by atoms with van der Waals surface area (Å²) in [5, 5.41) is 7.15. The summed E-state index contributed by atoms with van der Waals surface area (Å²) in [4.78, 5) is 24.5. The summed E-state index contributed by atoms with van der Waals surface area (Å²) in [6, 6.07) is 16.1. The van der Waals surface area contributed by atoms with Gasteiger partial charge in [0.25, 0.3) is 5.56 Å². The van der Waals surface area contributed by atoms with Crippen molar-refractivity contribution >= 4 is 5.91 Å². The number of fused-ring (bicyclic) bond motifs is 1. The van der Waals surface area contributed by atoms with Crippen LogP contribution < -0.4 is 25.1 Å². The number of aromatic nitrogens is 2. The van der Waals surface area contributed by atoms with Crippen molar-refractivity contribution in [1.29, 1.82) is 0 Å². The van der Waals surface area contributed by atoms with Crippen molar-refractivity contribution in [3.63, 3.8) is 0 Å². The summed E-state index contributed by atoms with van der Waals surface area (Å²) >= 11 is 0. The van der Waals surface area contributed by atoms with Gasteiger partial charge in [0.05, 0.1) is 12.8 Å². The number of methoxy groups -OCH3 is 1. The van der Waals surface area contributed by atoms with Crippen molar-refractivity contribution in [3.8, 4) is 28.5 Å². The average Bonchev–Trinajstić information content (AvgIpc) is 3.23. The van der Waals surface area contributed by atoms with Gasteiger partial charge in [-0.05, 0) is 48.4 Å². The minimum Gasteiger partial charge on any atom is -0.497 e. The van der Waals surface area contributed by atoms with Gasteiger partial charge in [0.1, 0.15) is 12.3 Å². The largest absolute Gasteiger partial charge is 0.497 e. The zero-order valence-corrected chi connectivity index (χ0v) is 16.5. The zero-order valence-electron chi connectivity index (χ0n) is 16.5.